The molecule has 1 amide bonds. The highest BCUT2D eigenvalue weighted by Gasteiger charge is 2.45. The van der Waals surface area contributed by atoms with Crippen LogP contribution >= 0.6 is 11.3 Å². The summed E-state index contributed by atoms with van der Waals surface area (Å²) in [4.78, 5) is 28.5. The van der Waals surface area contributed by atoms with Gasteiger partial charge < -0.3 is 9.15 Å². The molecule has 0 N–H and O–H groups in total. The highest BCUT2D eigenvalue weighted by Crippen LogP contribution is 2.42. The first-order valence-corrected chi connectivity index (χ1v) is 12.3. The summed E-state index contributed by atoms with van der Waals surface area (Å²) in [6, 6.07) is 13.9. The van der Waals surface area contributed by atoms with Crippen LogP contribution in [0.15, 0.2) is 57.7 Å². The third-order valence-corrected chi connectivity index (χ3v) is 6.80. The summed E-state index contributed by atoms with van der Waals surface area (Å²) in [5.74, 6) is 0.418. The van der Waals surface area contributed by atoms with Crippen molar-refractivity contribution in [3.8, 4) is 5.75 Å². The Morgan fingerprint density at radius 1 is 1.03 bits per heavy atom. The van der Waals surface area contributed by atoms with Gasteiger partial charge in [0.25, 0.3) is 5.91 Å². The number of hydrogen-bond acceptors (Lipinski definition) is 7. The number of fused-ring (bicyclic) bond motifs is 2. The molecule has 0 aliphatic carbocycles. The number of aromatic nitrogens is 2. The Balaban J connectivity index is 1.54. The molecular weight excluding hydrogens is 450 g/mol. The van der Waals surface area contributed by atoms with Gasteiger partial charge in [0.05, 0.1) is 23.6 Å². The lowest BCUT2D eigenvalue weighted by Crippen LogP contribution is -2.29. The van der Waals surface area contributed by atoms with E-state index < -0.39 is 11.9 Å². The van der Waals surface area contributed by atoms with Crippen LogP contribution in [0, 0.1) is 6.92 Å². The van der Waals surface area contributed by atoms with Gasteiger partial charge in [0.15, 0.2) is 5.43 Å². The maximum atomic E-state index is 13.5. The normalized spacial score (nSPS) is 15.2. The molecule has 7 nitrogen and oxygen atoms in total. The minimum Gasteiger partial charge on any atom is -0.494 e. The third kappa shape index (κ3) is 3.98. The second-order valence-corrected chi connectivity index (χ2v) is 9.49. The Bertz CT molecular complexity index is 1390. The number of rotatable bonds is 8. The van der Waals surface area contributed by atoms with Gasteiger partial charge in [-0.3, -0.25) is 14.5 Å². The lowest BCUT2D eigenvalue weighted by molar-refractivity contribution is 0.0970. The number of nitrogens with zero attached hydrogens (tertiary/aromatic N) is 3. The van der Waals surface area contributed by atoms with Crippen molar-refractivity contribution < 1.29 is 13.9 Å². The molecule has 174 valence electrons. The molecular formula is C26H25N3O4S. The second-order valence-electron chi connectivity index (χ2n) is 8.33. The molecule has 0 saturated heterocycles. The molecule has 0 fully saturated rings. The molecule has 4 aromatic rings. The van der Waals surface area contributed by atoms with Crippen molar-refractivity contribution in [3.05, 3.63) is 80.6 Å². The van der Waals surface area contributed by atoms with Gasteiger partial charge >= 0.3 is 0 Å². The van der Waals surface area contributed by atoms with Crippen LogP contribution in [0.1, 0.15) is 65.3 Å². The lowest BCUT2D eigenvalue weighted by atomic mass is 9.98. The van der Waals surface area contributed by atoms with E-state index in [9.17, 15) is 9.59 Å². The minimum atomic E-state index is -0.658. The Morgan fingerprint density at radius 3 is 2.56 bits per heavy atom. The van der Waals surface area contributed by atoms with Crippen molar-refractivity contribution in [1.29, 1.82) is 0 Å². The van der Waals surface area contributed by atoms with Crippen molar-refractivity contribution in [2.45, 2.75) is 45.6 Å². The molecule has 1 aliphatic rings. The predicted octanol–water partition coefficient (Wildman–Crippen LogP) is 5.66. The Kier molecular flexibility index (Phi) is 6.15. The number of unbranched alkanes of at least 4 members (excludes halogenated alkanes) is 3. The van der Waals surface area contributed by atoms with E-state index in [1.54, 1.807) is 24.3 Å². The van der Waals surface area contributed by atoms with Crippen molar-refractivity contribution in [2.75, 3.05) is 11.5 Å². The van der Waals surface area contributed by atoms with Crippen molar-refractivity contribution >= 4 is 33.3 Å². The standard InChI is InChI=1S/C26H25N3O4S/c1-3-4-5-8-15-32-18-13-11-17(12-14-18)22-21-23(30)19-9-6-7-10-20(19)33-24(21)25(31)29(22)26-28-27-16(2)34-26/h6-7,9-14,22H,3-5,8,15H2,1-2H3/t22-/m0/s1. The second kappa shape index (κ2) is 9.38. The molecule has 0 unspecified atom stereocenters. The number of carbonyl (C=O) groups excluding carboxylic acids is 1. The summed E-state index contributed by atoms with van der Waals surface area (Å²) in [5.41, 5.74) is 1.28. The summed E-state index contributed by atoms with van der Waals surface area (Å²) >= 11 is 1.30. The van der Waals surface area contributed by atoms with E-state index >= 15 is 0 Å². The van der Waals surface area contributed by atoms with Gasteiger partial charge in [-0.1, -0.05) is 61.8 Å². The third-order valence-electron chi connectivity index (χ3n) is 5.96. The van der Waals surface area contributed by atoms with Crippen molar-refractivity contribution in [2.24, 2.45) is 0 Å². The maximum absolute atomic E-state index is 13.5. The maximum Gasteiger partial charge on any atom is 0.297 e. The molecule has 2 aromatic heterocycles. The zero-order valence-electron chi connectivity index (χ0n) is 19.1. The van der Waals surface area contributed by atoms with Crippen molar-refractivity contribution in [3.63, 3.8) is 0 Å². The van der Waals surface area contributed by atoms with Gasteiger partial charge in [-0.05, 0) is 43.2 Å². The fourth-order valence-electron chi connectivity index (χ4n) is 4.28. The molecule has 0 saturated carbocycles. The number of hydrogen-bond donors (Lipinski definition) is 0. The number of aryl methyl sites for hydroxylation is 1. The van der Waals surface area contributed by atoms with Gasteiger partial charge in [0, 0.05) is 0 Å². The first-order valence-electron chi connectivity index (χ1n) is 11.5. The minimum absolute atomic E-state index is 0.0535. The zero-order valence-corrected chi connectivity index (χ0v) is 19.9. The summed E-state index contributed by atoms with van der Waals surface area (Å²) < 4.78 is 11.8. The Hall–Kier alpha value is -3.52. The van der Waals surface area contributed by atoms with Crippen LogP contribution in [-0.4, -0.2) is 22.7 Å². The smallest absolute Gasteiger partial charge is 0.297 e. The average Bonchev–Trinajstić information content (AvgIpc) is 3.40. The summed E-state index contributed by atoms with van der Waals surface area (Å²) in [6.45, 7) is 4.67. The topological polar surface area (TPSA) is 85.5 Å². The van der Waals surface area contributed by atoms with E-state index in [0.29, 0.717) is 28.3 Å². The first kappa shape index (κ1) is 22.3. The van der Waals surface area contributed by atoms with Crippen LogP contribution in [0.2, 0.25) is 0 Å². The highest BCUT2D eigenvalue weighted by atomic mass is 32.1. The van der Waals surface area contributed by atoms with E-state index in [1.807, 2.05) is 31.2 Å². The summed E-state index contributed by atoms with van der Waals surface area (Å²) in [6.07, 6.45) is 4.55. The van der Waals surface area contributed by atoms with Crippen LogP contribution in [0.4, 0.5) is 5.13 Å². The number of amides is 1. The highest BCUT2D eigenvalue weighted by molar-refractivity contribution is 7.15. The monoisotopic (exact) mass is 475 g/mol. The van der Waals surface area contributed by atoms with Crippen LogP contribution < -0.4 is 15.1 Å². The quantitative estimate of drug-likeness (QED) is 0.306. The molecule has 0 spiro atoms. The van der Waals surface area contributed by atoms with E-state index in [2.05, 4.69) is 17.1 Å². The number of anilines is 1. The molecule has 8 heteroatoms. The average molecular weight is 476 g/mol. The largest absolute Gasteiger partial charge is 0.494 e. The van der Waals surface area contributed by atoms with Crippen LogP contribution in [0.3, 0.4) is 0 Å². The van der Waals surface area contributed by atoms with E-state index in [1.165, 1.54) is 29.1 Å². The Morgan fingerprint density at radius 2 is 1.82 bits per heavy atom. The van der Waals surface area contributed by atoms with Gasteiger partial charge in [0.1, 0.15) is 16.3 Å². The molecule has 34 heavy (non-hydrogen) atoms. The zero-order chi connectivity index (χ0) is 23.7. The van der Waals surface area contributed by atoms with E-state index in [0.717, 1.165) is 29.2 Å². The molecule has 2 aromatic carbocycles. The number of para-hydroxylation sites is 1. The molecule has 5 rings (SSSR count). The molecule has 3 heterocycles. The number of ether oxygens (including phenoxy) is 1. The fraction of sp³-hybridized carbons (Fsp3) is 0.308. The molecule has 0 bridgehead atoms. The molecule has 1 aliphatic heterocycles. The predicted molar refractivity (Wildman–Crippen MR) is 132 cm³/mol. The first-order chi connectivity index (χ1) is 16.6. The molecule has 1 atom stereocenters. The van der Waals surface area contributed by atoms with Gasteiger partial charge in [-0.15, -0.1) is 10.2 Å². The van der Waals surface area contributed by atoms with Crippen LogP contribution in [-0.2, 0) is 0 Å². The molecule has 0 radical (unpaired) electrons. The summed E-state index contributed by atoms with van der Waals surface area (Å²) in [7, 11) is 0. The van der Waals surface area contributed by atoms with Gasteiger partial charge in [0.2, 0.25) is 10.9 Å². The fourth-order valence-corrected chi connectivity index (χ4v) is 5.00. The number of benzene rings is 2. The van der Waals surface area contributed by atoms with Crippen LogP contribution in [0.5, 0.6) is 5.75 Å². The Labute approximate surface area is 201 Å². The van der Waals surface area contributed by atoms with Crippen molar-refractivity contribution in [1.82, 2.24) is 10.2 Å². The van der Waals surface area contributed by atoms with Gasteiger partial charge in [-0.2, -0.15) is 0 Å². The number of carbonyl (C=O) groups is 1. The van der Waals surface area contributed by atoms with Gasteiger partial charge in [-0.25, -0.2) is 0 Å². The van der Waals surface area contributed by atoms with Crippen LogP contribution in [0.25, 0.3) is 11.0 Å². The summed E-state index contributed by atoms with van der Waals surface area (Å²) in [5, 5.41) is 9.88. The van der Waals surface area contributed by atoms with E-state index in [-0.39, 0.29) is 11.2 Å². The lowest BCUT2D eigenvalue weighted by Gasteiger charge is -2.22. The van der Waals surface area contributed by atoms with E-state index in [4.69, 9.17) is 9.15 Å². The SMILES string of the molecule is CCCCCCOc1ccc([C@H]2c3c(oc4ccccc4c3=O)C(=O)N2c2nnc(C)s2)cc1.